The summed E-state index contributed by atoms with van der Waals surface area (Å²) in [4.78, 5) is 16.6. The standard InChI is InChI=1S/C12H22N2O2/c1-13-5-2-7-14(8-3-6-13)12(15)11-4-9-16-10-11/h11H,2-10H2,1H3. The van der Waals surface area contributed by atoms with E-state index in [0.29, 0.717) is 12.5 Å². The number of hydrogen-bond acceptors (Lipinski definition) is 3. The maximum Gasteiger partial charge on any atom is 0.228 e. The second-order valence-electron chi connectivity index (χ2n) is 4.90. The smallest absolute Gasteiger partial charge is 0.228 e. The Labute approximate surface area is 97.5 Å². The van der Waals surface area contributed by atoms with Crippen LogP contribution in [0.2, 0.25) is 0 Å². The Balaban J connectivity index is 1.85. The fourth-order valence-electron chi connectivity index (χ4n) is 2.49. The molecule has 2 aliphatic heterocycles. The first-order chi connectivity index (χ1) is 7.77. The molecule has 0 radical (unpaired) electrons. The van der Waals surface area contributed by atoms with E-state index in [4.69, 9.17) is 4.74 Å². The second kappa shape index (κ2) is 5.64. The number of rotatable bonds is 1. The van der Waals surface area contributed by atoms with Crippen LogP contribution in [-0.2, 0) is 9.53 Å². The molecule has 0 spiro atoms. The van der Waals surface area contributed by atoms with Gasteiger partial charge in [-0.15, -0.1) is 0 Å². The van der Waals surface area contributed by atoms with Crippen molar-refractivity contribution < 1.29 is 9.53 Å². The summed E-state index contributed by atoms with van der Waals surface area (Å²) in [5, 5.41) is 0. The van der Waals surface area contributed by atoms with Gasteiger partial charge in [0.2, 0.25) is 5.91 Å². The minimum atomic E-state index is 0.136. The zero-order chi connectivity index (χ0) is 11.4. The Kier molecular flexibility index (Phi) is 4.18. The Morgan fingerprint density at radius 1 is 1.19 bits per heavy atom. The van der Waals surface area contributed by atoms with Gasteiger partial charge in [-0.1, -0.05) is 0 Å². The first-order valence-electron chi connectivity index (χ1n) is 6.32. The van der Waals surface area contributed by atoms with Crippen molar-refractivity contribution in [2.45, 2.75) is 19.3 Å². The number of nitrogens with zero attached hydrogens (tertiary/aromatic N) is 2. The van der Waals surface area contributed by atoms with Crippen LogP contribution >= 0.6 is 0 Å². The summed E-state index contributed by atoms with van der Waals surface area (Å²) in [7, 11) is 2.16. The van der Waals surface area contributed by atoms with Gasteiger partial charge in [-0.25, -0.2) is 0 Å². The van der Waals surface area contributed by atoms with Crippen LogP contribution in [0.4, 0.5) is 0 Å². The van der Waals surface area contributed by atoms with Crippen molar-refractivity contribution in [2.75, 3.05) is 46.4 Å². The Hall–Kier alpha value is -0.610. The number of ether oxygens (including phenoxy) is 1. The molecule has 1 atom stereocenters. The zero-order valence-corrected chi connectivity index (χ0v) is 10.2. The van der Waals surface area contributed by atoms with Crippen molar-refractivity contribution >= 4 is 5.91 Å². The number of carbonyl (C=O) groups is 1. The number of hydrogen-bond donors (Lipinski definition) is 0. The summed E-state index contributed by atoms with van der Waals surface area (Å²) in [6.07, 6.45) is 3.10. The number of carbonyl (C=O) groups excluding carboxylic acids is 1. The third kappa shape index (κ3) is 2.95. The van der Waals surface area contributed by atoms with Crippen molar-refractivity contribution in [3.63, 3.8) is 0 Å². The van der Waals surface area contributed by atoms with Gasteiger partial charge in [-0.05, 0) is 39.4 Å². The van der Waals surface area contributed by atoms with Gasteiger partial charge in [0, 0.05) is 19.7 Å². The quantitative estimate of drug-likeness (QED) is 0.655. The SMILES string of the molecule is CN1CCCN(C(=O)C2CCOC2)CCC1. The topological polar surface area (TPSA) is 32.8 Å². The van der Waals surface area contributed by atoms with Crippen LogP contribution in [0.3, 0.4) is 0 Å². The average molecular weight is 226 g/mol. The molecule has 2 heterocycles. The Morgan fingerprint density at radius 3 is 2.44 bits per heavy atom. The molecule has 2 fully saturated rings. The minimum absolute atomic E-state index is 0.136. The molecule has 0 aliphatic carbocycles. The van der Waals surface area contributed by atoms with Gasteiger partial charge >= 0.3 is 0 Å². The van der Waals surface area contributed by atoms with Crippen molar-refractivity contribution in [3.8, 4) is 0 Å². The van der Waals surface area contributed by atoms with Crippen LogP contribution in [0.15, 0.2) is 0 Å². The summed E-state index contributed by atoms with van der Waals surface area (Å²) >= 11 is 0. The third-order valence-corrected chi connectivity index (χ3v) is 3.53. The lowest BCUT2D eigenvalue weighted by atomic mass is 10.1. The predicted octanol–water partition coefficient (Wildman–Crippen LogP) is 0.577. The lowest BCUT2D eigenvalue weighted by Crippen LogP contribution is -2.41. The normalized spacial score (nSPS) is 28.8. The summed E-state index contributed by atoms with van der Waals surface area (Å²) in [6, 6.07) is 0. The van der Waals surface area contributed by atoms with Crippen LogP contribution < -0.4 is 0 Å². The molecule has 0 aromatic carbocycles. The van der Waals surface area contributed by atoms with Gasteiger partial charge in [-0.2, -0.15) is 0 Å². The van der Waals surface area contributed by atoms with E-state index in [0.717, 1.165) is 52.0 Å². The summed E-state index contributed by atoms with van der Waals surface area (Å²) in [6.45, 7) is 5.43. The van der Waals surface area contributed by atoms with Crippen molar-refractivity contribution in [1.82, 2.24) is 9.80 Å². The Morgan fingerprint density at radius 2 is 1.88 bits per heavy atom. The molecule has 2 aliphatic rings. The molecular formula is C12H22N2O2. The van der Waals surface area contributed by atoms with E-state index in [1.165, 1.54) is 0 Å². The van der Waals surface area contributed by atoms with Gasteiger partial charge in [0.05, 0.1) is 12.5 Å². The summed E-state index contributed by atoms with van der Waals surface area (Å²) in [5.74, 6) is 0.458. The van der Waals surface area contributed by atoms with Crippen molar-refractivity contribution in [3.05, 3.63) is 0 Å². The fraction of sp³-hybridized carbons (Fsp3) is 0.917. The monoisotopic (exact) mass is 226 g/mol. The predicted molar refractivity (Wildman–Crippen MR) is 62.2 cm³/mol. The van der Waals surface area contributed by atoms with E-state index in [2.05, 4.69) is 11.9 Å². The molecule has 1 unspecified atom stereocenters. The fourth-order valence-corrected chi connectivity index (χ4v) is 2.49. The van der Waals surface area contributed by atoms with Gasteiger partial charge in [0.1, 0.15) is 0 Å². The van der Waals surface area contributed by atoms with E-state index in [1.807, 2.05) is 4.90 Å². The molecule has 16 heavy (non-hydrogen) atoms. The van der Waals surface area contributed by atoms with Crippen LogP contribution in [0.25, 0.3) is 0 Å². The van der Waals surface area contributed by atoms with Gasteiger partial charge in [0.25, 0.3) is 0 Å². The van der Waals surface area contributed by atoms with Crippen LogP contribution in [0.5, 0.6) is 0 Å². The maximum absolute atomic E-state index is 12.2. The molecule has 4 nitrogen and oxygen atoms in total. The molecule has 0 saturated carbocycles. The maximum atomic E-state index is 12.2. The molecule has 0 bridgehead atoms. The van der Waals surface area contributed by atoms with Gasteiger partial charge < -0.3 is 14.5 Å². The lowest BCUT2D eigenvalue weighted by Gasteiger charge is -2.29. The largest absolute Gasteiger partial charge is 0.381 e. The molecule has 1 amide bonds. The van der Waals surface area contributed by atoms with E-state index in [-0.39, 0.29) is 5.92 Å². The van der Waals surface area contributed by atoms with Crippen molar-refractivity contribution in [1.29, 1.82) is 0 Å². The van der Waals surface area contributed by atoms with E-state index >= 15 is 0 Å². The highest BCUT2D eigenvalue weighted by Gasteiger charge is 2.28. The average Bonchev–Trinajstić information content (AvgIpc) is 2.75. The molecule has 0 aromatic heterocycles. The van der Waals surface area contributed by atoms with E-state index in [9.17, 15) is 4.79 Å². The second-order valence-corrected chi connectivity index (χ2v) is 4.90. The summed E-state index contributed by atoms with van der Waals surface area (Å²) < 4.78 is 5.29. The first kappa shape index (κ1) is 11.9. The molecule has 0 aromatic rings. The highest BCUT2D eigenvalue weighted by Crippen LogP contribution is 2.16. The van der Waals surface area contributed by atoms with Crippen molar-refractivity contribution in [2.24, 2.45) is 5.92 Å². The molecule has 4 heteroatoms. The first-order valence-corrected chi connectivity index (χ1v) is 6.32. The van der Waals surface area contributed by atoms with Gasteiger partial charge in [0.15, 0.2) is 0 Å². The summed E-state index contributed by atoms with van der Waals surface area (Å²) in [5.41, 5.74) is 0. The highest BCUT2D eigenvalue weighted by atomic mass is 16.5. The highest BCUT2D eigenvalue weighted by molar-refractivity contribution is 5.79. The molecular weight excluding hydrogens is 204 g/mol. The zero-order valence-electron chi connectivity index (χ0n) is 10.2. The van der Waals surface area contributed by atoms with Gasteiger partial charge in [-0.3, -0.25) is 4.79 Å². The molecule has 2 rings (SSSR count). The molecule has 92 valence electrons. The molecule has 2 saturated heterocycles. The number of amides is 1. The van der Waals surface area contributed by atoms with E-state index in [1.54, 1.807) is 0 Å². The van der Waals surface area contributed by atoms with Crippen LogP contribution in [-0.4, -0.2) is 62.1 Å². The lowest BCUT2D eigenvalue weighted by molar-refractivity contribution is -0.136. The molecule has 0 N–H and O–H groups in total. The Bertz CT molecular complexity index is 229. The van der Waals surface area contributed by atoms with E-state index < -0.39 is 0 Å². The minimum Gasteiger partial charge on any atom is -0.381 e. The van der Waals surface area contributed by atoms with Crippen LogP contribution in [0.1, 0.15) is 19.3 Å². The van der Waals surface area contributed by atoms with Crippen LogP contribution in [0, 0.1) is 5.92 Å². The third-order valence-electron chi connectivity index (χ3n) is 3.53.